The smallest absolute Gasteiger partial charge is 0.348 e. The van der Waals surface area contributed by atoms with Gasteiger partial charge < -0.3 is 13.9 Å². The Morgan fingerprint density at radius 3 is 2.14 bits per heavy atom. The first-order valence-electron chi connectivity index (χ1n) is 6.10. The predicted molar refractivity (Wildman–Crippen MR) is 78.6 cm³/mol. The number of carbonyl (C=O) groups excluding carboxylic acids is 2. The molecule has 2 aromatic rings. The van der Waals surface area contributed by atoms with Gasteiger partial charge in [-0.1, -0.05) is 0 Å². The summed E-state index contributed by atoms with van der Waals surface area (Å²) in [6, 6.07) is 6.11. The fourth-order valence-electron chi connectivity index (χ4n) is 1.82. The highest BCUT2D eigenvalue weighted by Crippen LogP contribution is 2.28. The summed E-state index contributed by atoms with van der Waals surface area (Å²) >= 11 is 3.30. The van der Waals surface area contributed by atoms with Gasteiger partial charge in [-0.15, -0.1) is 0 Å². The summed E-state index contributed by atoms with van der Waals surface area (Å²) in [6.07, 6.45) is 0. The average Bonchev–Trinajstić information content (AvgIpc) is 2.72. The third kappa shape index (κ3) is 3.16. The summed E-state index contributed by atoms with van der Waals surface area (Å²) in [5.74, 6) is 0.452. The monoisotopic (exact) mass is 352 g/mol. The molecule has 0 radical (unpaired) electrons. The van der Waals surface area contributed by atoms with E-state index in [1.807, 2.05) is 0 Å². The normalized spacial score (nSPS) is 10.3. The van der Waals surface area contributed by atoms with Crippen molar-refractivity contribution in [1.29, 1.82) is 0 Å². The minimum atomic E-state index is -0.526. The zero-order valence-corrected chi connectivity index (χ0v) is 13.3. The lowest BCUT2D eigenvalue weighted by molar-refractivity contribution is 0.0600. The van der Waals surface area contributed by atoms with Crippen LogP contribution < -0.4 is 4.74 Å². The molecule has 1 aromatic carbocycles. The largest absolute Gasteiger partial charge is 0.465 e. The second kappa shape index (κ2) is 6.13. The molecule has 0 aliphatic carbocycles. The van der Waals surface area contributed by atoms with Crippen LogP contribution in [0.15, 0.2) is 33.2 Å². The predicted octanol–water partition coefficient (Wildman–Crippen LogP) is 3.66. The van der Waals surface area contributed by atoms with Crippen LogP contribution in [0, 0.1) is 13.8 Å². The number of ether oxygens (including phenoxy) is 2. The lowest BCUT2D eigenvalue weighted by atomic mass is 10.2. The molecule has 1 aromatic heterocycles. The quantitative estimate of drug-likeness (QED) is 0.622. The Kier molecular flexibility index (Phi) is 4.47. The van der Waals surface area contributed by atoms with Gasteiger partial charge in [-0.25, -0.2) is 9.59 Å². The molecule has 110 valence electrons. The van der Waals surface area contributed by atoms with Crippen molar-refractivity contribution >= 4 is 27.9 Å². The van der Waals surface area contributed by atoms with E-state index < -0.39 is 11.9 Å². The van der Waals surface area contributed by atoms with Gasteiger partial charge in [0.25, 0.3) is 0 Å². The summed E-state index contributed by atoms with van der Waals surface area (Å²) in [6.45, 7) is 3.44. The first-order valence-corrected chi connectivity index (χ1v) is 6.89. The van der Waals surface area contributed by atoms with E-state index >= 15 is 0 Å². The lowest BCUT2D eigenvalue weighted by Gasteiger charge is -2.05. The number of carbonyl (C=O) groups is 2. The number of furan rings is 1. The molecule has 0 amide bonds. The van der Waals surface area contributed by atoms with E-state index in [2.05, 4.69) is 20.7 Å². The highest BCUT2D eigenvalue weighted by atomic mass is 79.9. The van der Waals surface area contributed by atoms with Crippen molar-refractivity contribution in [2.45, 2.75) is 13.8 Å². The molecule has 0 aliphatic rings. The summed E-state index contributed by atoms with van der Waals surface area (Å²) in [5, 5.41) is 0. The van der Waals surface area contributed by atoms with E-state index in [-0.39, 0.29) is 0 Å². The Morgan fingerprint density at radius 1 is 1.05 bits per heavy atom. The first kappa shape index (κ1) is 15.3. The van der Waals surface area contributed by atoms with Gasteiger partial charge in [-0.05, 0) is 54.0 Å². The van der Waals surface area contributed by atoms with Gasteiger partial charge in [0.05, 0.1) is 17.1 Å². The van der Waals surface area contributed by atoms with E-state index in [9.17, 15) is 9.59 Å². The van der Waals surface area contributed by atoms with Gasteiger partial charge in [0.2, 0.25) is 0 Å². The van der Waals surface area contributed by atoms with Gasteiger partial charge in [-0.3, -0.25) is 0 Å². The van der Waals surface area contributed by atoms with Gasteiger partial charge in [-0.2, -0.15) is 0 Å². The van der Waals surface area contributed by atoms with E-state index in [4.69, 9.17) is 9.15 Å². The minimum absolute atomic E-state index is 0.331. The van der Waals surface area contributed by atoms with E-state index in [0.29, 0.717) is 32.9 Å². The van der Waals surface area contributed by atoms with Crippen molar-refractivity contribution in [1.82, 2.24) is 0 Å². The number of benzene rings is 1. The van der Waals surface area contributed by atoms with E-state index in [1.54, 1.807) is 13.8 Å². The summed E-state index contributed by atoms with van der Waals surface area (Å²) in [4.78, 5) is 23.5. The number of rotatable bonds is 3. The summed E-state index contributed by atoms with van der Waals surface area (Å²) in [7, 11) is 1.30. The molecule has 0 atom stereocenters. The van der Waals surface area contributed by atoms with Crippen molar-refractivity contribution in [3.8, 4) is 5.75 Å². The van der Waals surface area contributed by atoms with Gasteiger partial charge in [0.1, 0.15) is 22.8 Å². The van der Waals surface area contributed by atoms with Crippen LogP contribution in [0.5, 0.6) is 5.75 Å². The Labute approximate surface area is 130 Å². The van der Waals surface area contributed by atoms with Crippen LogP contribution in [-0.4, -0.2) is 19.0 Å². The number of aryl methyl sites for hydroxylation is 2. The van der Waals surface area contributed by atoms with Crippen molar-refractivity contribution in [2.75, 3.05) is 7.11 Å². The third-order valence-corrected chi connectivity index (χ3v) is 3.83. The Hall–Kier alpha value is -2.08. The highest BCUT2D eigenvalue weighted by molar-refractivity contribution is 9.10. The molecule has 5 nitrogen and oxygen atoms in total. The highest BCUT2D eigenvalue weighted by Gasteiger charge is 2.21. The molecule has 0 aliphatic heterocycles. The standard InChI is InChI=1S/C15H13BrO5/c1-8-12(13(16)9(2)20-8)15(18)21-11-6-4-10(5-7-11)14(17)19-3/h4-7H,1-3H3. The van der Waals surface area contributed by atoms with Crippen LogP contribution in [0.1, 0.15) is 32.2 Å². The molecule has 0 fully saturated rings. The van der Waals surface area contributed by atoms with Crippen molar-refractivity contribution in [3.63, 3.8) is 0 Å². The topological polar surface area (TPSA) is 65.7 Å². The molecule has 0 N–H and O–H groups in total. The van der Waals surface area contributed by atoms with Crippen molar-refractivity contribution in [3.05, 3.63) is 51.4 Å². The Morgan fingerprint density at radius 2 is 1.67 bits per heavy atom. The molecule has 1 heterocycles. The molecular weight excluding hydrogens is 340 g/mol. The number of halogens is 1. The van der Waals surface area contributed by atoms with E-state index in [0.717, 1.165) is 0 Å². The Balaban J connectivity index is 2.18. The second-order valence-corrected chi connectivity index (χ2v) is 5.10. The van der Waals surface area contributed by atoms with Gasteiger partial charge in [0.15, 0.2) is 0 Å². The van der Waals surface area contributed by atoms with Crippen LogP contribution in [0.25, 0.3) is 0 Å². The minimum Gasteiger partial charge on any atom is -0.465 e. The SMILES string of the molecule is COC(=O)c1ccc(OC(=O)c2c(C)oc(C)c2Br)cc1. The number of esters is 2. The van der Waals surface area contributed by atoms with Crippen molar-refractivity contribution in [2.24, 2.45) is 0 Å². The number of methoxy groups -OCH3 is 1. The zero-order valence-electron chi connectivity index (χ0n) is 11.7. The summed E-state index contributed by atoms with van der Waals surface area (Å²) < 4.78 is 15.8. The van der Waals surface area contributed by atoms with Crippen LogP contribution in [0.4, 0.5) is 0 Å². The van der Waals surface area contributed by atoms with Crippen LogP contribution in [0.3, 0.4) is 0 Å². The van der Waals surface area contributed by atoms with E-state index in [1.165, 1.54) is 31.4 Å². The molecule has 0 spiro atoms. The molecule has 2 rings (SSSR count). The molecule has 0 bridgehead atoms. The first-order chi connectivity index (χ1) is 9.93. The molecule has 21 heavy (non-hydrogen) atoms. The van der Waals surface area contributed by atoms with Crippen LogP contribution >= 0.6 is 15.9 Å². The summed E-state index contributed by atoms with van der Waals surface area (Å²) in [5.41, 5.74) is 0.735. The second-order valence-electron chi connectivity index (χ2n) is 4.31. The molecule has 0 saturated heterocycles. The molecule has 0 saturated carbocycles. The number of hydrogen-bond donors (Lipinski definition) is 0. The maximum absolute atomic E-state index is 12.1. The average molecular weight is 353 g/mol. The fraction of sp³-hybridized carbons (Fsp3) is 0.200. The molecule has 6 heteroatoms. The lowest BCUT2D eigenvalue weighted by Crippen LogP contribution is -2.10. The Bertz CT molecular complexity index is 685. The molecular formula is C15H13BrO5. The maximum atomic E-state index is 12.1. The molecule has 0 unspecified atom stereocenters. The fourth-order valence-corrected chi connectivity index (χ4v) is 2.35. The van der Waals surface area contributed by atoms with Gasteiger partial charge in [0, 0.05) is 0 Å². The van der Waals surface area contributed by atoms with Crippen molar-refractivity contribution < 1.29 is 23.5 Å². The maximum Gasteiger partial charge on any atom is 0.348 e. The third-order valence-electron chi connectivity index (χ3n) is 2.88. The van der Waals surface area contributed by atoms with Crippen LogP contribution in [-0.2, 0) is 4.74 Å². The zero-order chi connectivity index (χ0) is 15.6. The van der Waals surface area contributed by atoms with Gasteiger partial charge >= 0.3 is 11.9 Å². The van der Waals surface area contributed by atoms with Crippen LogP contribution in [0.2, 0.25) is 0 Å². The number of hydrogen-bond acceptors (Lipinski definition) is 5.